The van der Waals surface area contributed by atoms with Gasteiger partial charge in [0.15, 0.2) is 0 Å². The molecule has 64 valence electrons. The van der Waals surface area contributed by atoms with Crippen LogP contribution >= 0.6 is 10.0 Å². The van der Waals surface area contributed by atoms with Gasteiger partial charge in [0.25, 0.3) is 0 Å². The zero-order chi connectivity index (χ0) is 11.1. The monoisotopic (exact) mass is 194 g/mol. The summed E-state index contributed by atoms with van der Waals surface area (Å²) in [5.41, 5.74) is 2.15. The minimum Gasteiger partial charge on any atom is -0.224 e. The van der Waals surface area contributed by atoms with Gasteiger partial charge in [0.05, 0.1) is 0 Å². The Morgan fingerprint density at radius 3 is 1.50 bits per heavy atom. The SMILES string of the molecule is [B]c1cc([B])c([B])c(S(C)(C)C)c1[B]. The average Bonchev–Trinajstić information content (AvgIpc) is 1.98. The molecule has 0 unspecified atom stereocenters. The van der Waals surface area contributed by atoms with E-state index < -0.39 is 10.0 Å². The first-order valence-corrected chi connectivity index (χ1v) is 7.02. The van der Waals surface area contributed by atoms with Crippen molar-refractivity contribution in [2.75, 3.05) is 18.8 Å². The molecule has 0 heterocycles. The topological polar surface area (TPSA) is 0 Å². The Morgan fingerprint density at radius 1 is 0.857 bits per heavy atom. The van der Waals surface area contributed by atoms with Gasteiger partial charge in [0.2, 0.25) is 0 Å². The molecular weight excluding hydrogens is 183 g/mol. The summed E-state index contributed by atoms with van der Waals surface area (Å²) < 4.78 is 0. The molecule has 0 bridgehead atoms. The van der Waals surface area contributed by atoms with Crippen molar-refractivity contribution in [2.45, 2.75) is 4.90 Å². The van der Waals surface area contributed by atoms with Crippen molar-refractivity contribution in [3.63, 3.8) is 0 Å². The Kier molecular flexibility index (Phi) is 3.20. The maximum absolute atomic E-state index is 5.90. The molecule has 0 aliphatic heterocycles. The van der Waals surface area contributed by atoms with Crippen LogP contribution in [0.25, 0.3) is 0 Å². The quantitative estimate of drug-likeness (QED) is 0.449. The normalized spacial score (nSPS) is 12.8. The zero-order valence-corrected chi connectivity index (χ0v) is 9.61. The number of rotatable bonds is 1. The highest BCUT2D eigenvalue weighted by Crippen LogP contribution is 2.41. The van der Waals surface area contributed by atoms with Crippen LogP contribution in [-0.2, 0) is 0 Å². The van der Waals surface area contributed by atoms with Crippen LogP contribution < -0.4 is 21.9 Å². The van der Waals surface area contributed by atoms with Crippen molar-refractivity contribution in [1.29, 1.82) is 0 Å². The van der Waals surface area contributed by atoms with Crippen LogP contribution in [0, 0.1) is 0 Å². The fourth-order valence-electron chi connectivity index (χ4n) is 1.39. The Bertz CT molecular complexity index is 342. The summed E-state index contributed by atoms with van der Waals surface area (Å²) in [4.78, 5) is 0.912. The molecule has 0 nitrogen and oxygen atoms in total. The van der Waals surface area contributed by atoms with Gasteiger partial charge in [-0.15, -0.1) is 10.9 Å². The Hall–Kier alpha value is -0.170. The van der Waals surface area contributed by atoms with Gasteiger partial charge in [-0.2, -0.15) is 0 Å². The van der Waals surface area contributed by atoms with Gasteiger partial charge in [-0.3, -0.25) is 0 Å². The highest BCUT2D eigenvalue weighted by Gasteiger charge is 2.15. The molecule has 1 aromatic rings. The van der Waals surface area contributed by atoms with E-state index in [1.54, 1.807) is 6.07 Å². The van der Waals surface area contributed by atoms with Gasteiger partial charge < -0.3 is 0 Å². The van der Waals surface area contributed by atoms with Crippen molar-refractivity contribution in [3.05, 3.63) is 6.07 Å². The van der Waals surface area contributed by atoms with E-state index in [9.17, 15) is 0 Å². The molecule has 0 atom stereocenters. The first-order valence-electron chi connectivity index (χ1n) is 4.16. The van der Waals surface area contributed by atoms with E-state index in [0.29, 0.717) is 21.9 Å². The second-order valence-corrected chi connectivity index (χ2v) is 8.13. The maximum Gasteiger partial charge on any atom is 0.114 e. The van der Waals surface area contributed by atoms with E-state index >= 15 is 0 Å². The Morgan fingerprint density at radius 2 is 1.21 bits per heavy atom. The summed E-state index contributed by atoms with van der Waals surface area (Å²) in [5, 5.41) is 0. The number of hydrogen-bond acceptors (Lipinski definition) is 0. The third-order valence-corrected chi connectivity index (χ3v) is 3.70. The van der Waals surface area contributed by atoms with Gasteiger partial charge in [0, 0.05) is 0 Å². The molecule has 0 N–H and O–H groups in total. The van der Waals surface area contributed by atoms with E-state index in [0.717, 1.165) is 4.90 Å². The van der Waals surface area contributed by atoms with Crippen LogP contribution in [0.4, 0.5) is 0 Å². The number of benzene rings is 1. The van der Waals surface area contributed by atoms with Crippen LogP contribution in [0.15, 0.2) is 11.0 Å². The van der Waals surface area contributed by atoms with Gasteiger partial charge in [-0.25, -0.2) is 10.0 Å². The molecule has 1 aromatic carbocycles. The third kappa shape index (κ3) is 2.08. The standard InChI is InChI=1S/C9H10B4S/c1-14(2,3)9-7(12)5(10)4-6(11)8(9)13/h4H,1-3H3. The minimum absolute atomic E-state index is 0.508. The predicted octanol–water partition coefficient (Wildman–Crippen LogP) is -2.09. The molecule has 0 aliphatic rings. The maximum atomic E-state index is 5.90. The Labute approximate surface area is 93.2 Å². The first kappa shape index (κ1) is 11.9. The van der Waals surface area contributed by atoms with Crippen LogP contribution in [0.1, 0.15) is 0 Å². The van der Waals surface area contributed by atoms with E-state index in [1.165, 1.54) is 0 Å². The van der Waals surface area contributed by atoms with Gasteiger partial charge in [-0.05, 0) is 23.7 Å². The van der Waals surface area contributed by atoms with Gasteiger partial charge >= 0.3 is 0 Å². The predicted molar refractivity (Wildman–Crippen MR) is 71.6 cm³/mol. The van der Waals surface area contributed by atoms with Gasteiger partial charge in [-0.1, -0.05) is 17.0 Å². The van der Waals surface area contributed by atoms with Crippen molar-refractivity contribution >= 4 is 63.3 Å². The highest BCUT2D eigenvalue weighted by atomic mass is 32.3. The van der Waals surface area contributed by atoms with E-state index in [-0.39, 0.29) is 0 Å². The van der Waals surface area contributed by atoms with Crippen LogP contribution in [0.2, 0.25) is 0 Å². The van der Waals surface area contributed by atoms with Crippen LogP contribution in [0.5, 0.6) is 0 Å². The molecule has 0 amide bonds. The molecule has 0 aromatic heterocycles. The summed E-state index contributed by atoms with van der Waals surface area (Å²) >= 11 is 0. The van der Waals surface area contributed by atoms with Crippen LogP contribution in [-0.4, -0.2) is 50.2 Å². The Balaban J connectivity index is 3.56. The lowest BCUT2D eigenvalue weighted by atomic mass is 9.71. The summed E-state index contributed by atoms with van der Waals surface area (Å²) in [7, 11) is 22.3. The second kappa shape index (κ2) is 3.77. The average molecular weight is 193 g/mol. The molecule has 0 saturated carbocycles. The molecule has 0 saturated heterocycles. The van der Waals surface area contributed by atoms with Crippen molar-refractivity contribution in [1.82, 2.24) is 0 Å². The molecule has 0 aliphatic carbocycles. The van der Waals surface area contributed by atoms with E-state index in [4.69, 9.17) is 31.4 Å². The smallest absolute Gasteiger partial charge is 0.114 e. The summed E-state index contributed by atoms with van der Waals surface area (Å²) in [6.45, 7) is 0. The molecule has 1 rings (SSSR count). The lowest BCUT2D eigenvalue weighted by molar-refractivity contribution is 1.61. The fraction of sp³-hybridized carbons (Fsp3) is 0.333. The summed E-state index contributed by atoms with van der Waals surface area (Å²) in [6.07, 6.45) is 6.32. The van der Waals surface area contributed by atoms with Gasteiger partial charge in [0.1, 0.15) is 31.4 Å². The van der Waals surface area contributed by atoms with E-state index in [2.05, 4.69) is 18.8 Å². The van der Waals surface area contributed by atoms with Crippen molar-refractivity contribution < 1.29 is 0 Å². The second-order valence-electron chi connectivity index (χ2n) is 4.05. The van der Waals surface area contributed by atoms with Crippen LogP contribution in [0.3, 0.4) is 0 Å². The van der Waals surface area contributed by atoms with E-state index in [1.807, 2.05) is 0 Å². The minimum atomic E-state index is -1.02. The zero-order valence-electron chi connectivity index (χ0n) is 8.79. The van der Waals surface area contributed by atoms with Crippen molar-refractivity contribution in [3.8, 4) is 0 Å². The number of hydrogen-bond donors (Lipinski definition) is 0. The first-order chi connectivity index (χ1) is 6.25. The molecule has 0 spiro atoms. The summed E-state index contributed by atoms with van der Waals surface area (Å²) in [5.74, 6) is 0. The highest BCUT2D eigenvalue weighted by molar-refractivity contribution is 8.32. The largest absolute Gasteiger partial charge is 0.224 e. The molecule has 0 fully saturated rings. The molecular formula is C9H10B4S. The molecule has 5 heteroatoms. The summed E-state index contributed by atoms with van der Waals surface area (Å²) in [6, 6.07) is 1.61. The molecule has 14 heavy (non-hydrogen) atoms. The fourth-order valence-corrected chi connectivity index (χ4v) is 2.95. The molecule has 8 radical (unpaired) electrons. The van der Waals surface area contributed by atoms with Crippen molar-refractivity contribution in [2.24, 2.45) is 0 Å². The lowest BCUT2D eigenvalue weighted by Crippen LogP contribution is -2.43. The third-order valence-electron chi connectivity index (χ3n) is 2.03. The lowest BCUT2D eigenvalue weighted by Gasteiger charge is -2.33.